The molecule has 1 aromatic heterocycles. The van der Waals surface area contributed by atoms with Gasteiger partial charge in [0.25, 0.3) is 5.91 Å². The molecule has 0 unspecified atom stereocenters. The van der Waals surface area contributed by atoms with E-state index in [1.807, 2.05) is 0 Å². The Bertz CT molecular complexity index is 526. The van der Waals surface area contributed by atoms with Crippen LogP contribution in [0.1, 0.15) is 9.67 Å². The van der Waals surface area contributed by atoms with Gasteiger partial charge in [-0.25, -0.2) is 4.39 Å². The first-order chi connectivity index (χ1) is 7.65. The third-order valence-electron chi connectivity index (χ3n) is 1.87. The Kier molecular flexibility index (Phi) is 3.22. The van der Waals surface area contributed by atoms with Crippen LogP contribution in [0.25, 0.3) is 0 Å². The molecule has 0 fully saturated rings. The molecule has 0 aliphatic carbocycles. The average molecular weight is 256 g/mol. The van der Waals surface area contributed by atoms with Gasteiger partial charge in [-0.15, -0.1) is 11.3 Å². The first-order valence-electron chi connectivity index (χ1n) is 4.46. The highest BCUT2D eigenvalue weighted by Crippen LogP contribution is 2.20. The van der Waals surface area contributed by atoms with E-state index in [-0.39, 0.29) is 11.7 Å². The van der Waals surface area contributed by atoms with Gasteiger partial charge in [-0.1, -0.05) is 17.7 Å². The zero-order valence-corrected chi connectivity index (χ0v) is 9.61. The molecule has 0 bridgehead atoms. The predicted molar refractivity (Wildman–Crippen MR) is 63.7 cm³/mol. The van der Waals surface area contributed by atoms with Gasteiger partial charge in [-0.3, -0.25) is 4.79 Å². The molecule has 0 aliphatic rings. The fourth-order valence-corrected chi connectivity index (χ4v) is 2.16. The largest absolute Gasteiger partial charge is 0.321 e. The SMILES string of the molecule is O=C(Nc1cccc(F)c1)c1cc(Cl)cs1. The second-order valence-electron chi connectivity index (χ2n) is 3.09. The molecule has 1 heterocycles. The van der Waals surface area contributed by atoms with E-state index < -0.39 is 0 Å². The monoisotopic (exact) mass is 255 g/mol. The molecular formula is C11H7ClFNOS. The van der Waals surface area contributed by atoms with Crippen molar-refractivity contribution >= 4 is 34.5 Å². The quantitative estimate of drug-likeness (QED) is 0.869. The Balaban J connectivity index is 2.13. The van der Waals surface area contributed by atoms with E-state index in [1.165, 1.54) is 29.5 Å². The van der Waals surface area contributed by atoms with Crippen LogP contribution < -0.4 is 5.32 Å². The fourth-order valence-electron chi connectivity index (χ4n) is 1.19. The highest BCUT2D eigenvalue weighted by atomic mass is 35.5. The maximum atomic E-state index is 12.9. The van der Waals surface area contributed by atoms with E-state index in [4.69, 9.17) is 11.6 Å². The maximum Gasteiger partial charge on any atom is 0.265 e. The minimum absolute atomic E-state index is 0.289. The molecule has 2 rings (SSSR count). The van der Waals surface area contributed by atoms with Crippen LogP contribution in [0.15, 0.2) is 35.7 Å². The minimum atomic E-state index is -0.387. The van der Waals surface area contributed by atoms with Crippen LogP contribution in [0, 0.1) is 5.82 Å². The van der Waals surface area contributed by atoms with Crippen molar-refractivity contribution in [3.8, 4) is 0 Å². The van der Waals surface area contributed by atoms with E-state index in [9.17, 15) is 9.18 Å². The number of carbonyl (C=O) groups is 1. The van der Waals surface area contributed by atoms with Crippen LogP contribution in [0.2, 0.25) is 5.02 Å². The van der Waals surface area contributed by atoms with Crippen molar-refractivity contribution in [2.75, 3.05) is 5.32 Å². The van der Waals surface area contributed by atoms with E-state index in [2.05, 4.69) is 5.32 Å². The van der Waals surface area contributed by atoms with Crippen molar-refractivity contribution in [2.24, 2.45) is 0 Å². The van der Waals surface area contributed by atoms with Gasteiger partial charge in [0.2, 0.25) is 0 Å². The number of nitrogens with one attached hydrogen (secondary N) is 1. The molecule has 0 atom stereocenters. The Morgan fingerprint density at radius 1 is 1.38 bits per heavy atom. The van der Waals surface area contributed by atoms with Gasteiger partial charge in [0.1, 0.15) is 5.82 Å². The summed E-state index contributed by atoms with van der Waals surface area (Å²) in [5.41, 5.74) is 0.425. The summed E-state index contributed by atoms with van der Waals surface area (Å²) in [6.07, 6.45) is 0. The lowest BCUT2D eigenvalue weighted by molar-refractivity contribution is 0.103. The molecule has 82 valence electrons. The molecule has 0 aliphatic heterocycles. The number of benzene rings is 1. The van der Waals surface area contributed by atoms with Gasteiger partial charge in [-0.2, -0.15) is 0 Å². The third kappa shape index (κ3) is 2.59. The lowest BCUT2D eigenvalue weighted by Gasteiger charge is -2.02. The van der Waals surface area contributed by atoms with E-state index in [1.54, 1.807) is 17.5 Å². The van der Waals surface area contributed by atoms with Gasteiger partial charge in [0.15, 0.2) is 0 Å². The van der Waals surface area contributed by atoms with Crippen LogP contribution >= 0.6 is 22.9 Å². The molecule has 16 heavy (non-hydrogen) atoms. The molecule has 2 nitrogen and oxygen atoms in total. The summed E-state index contributed by atoms with van der Waals surface area (Å²) in [6.45, 7) is 0. The van der Waals surface area contributed by atoms with Crippen LogP contribution in [0.5, 0.6) is 0 Å². The first-order valence-corrected chi connectivity index (χ1v) is 5.72. The highest BCUT2D eigenvalue weighted by Gasteiger charge is 2.08. The van der Waals surface area contributed by atoms with Gasteiger partial charge >= 0.3 is 0 Å². The van der Waals surface area contributed by atoms with E-state index in [0.29, 0.717) is 15.6 Å². The highest BCUT2D eigenvalue weighted by molar-refractivity contribution is 7.12. The Morgan fingerprint density at radius 2 is 2.19 bits per heavy atom. The standard InChI is InChI=1S/C11H7ClFNOS/c12-7-4-10(16-6-7)11(15)14-9-3-1-2-8(13)5-9/h1-6H,(H,14,15). The Hall–Kier alpha value is -1.39. The number of anilines is 1. The molecule has 1 aromatic carbocycles. The molecule has 0 saturated heterocycles. The molecule has 0 radical (unpaired) electrons. The second kappa shape index (κ2) is 4.63. The Labute approximate surface area is 101 Å². The van der Waals surface area contributed by atoms with Crippen molar-refractivity contribution in [3.63, 3.8) is 0 Å². The molecule has 0 saturated carbocycles. The number of carbonyl (C=O) groups excluding carboxylic acids is 1. The number of hydrogen-bond donors (Lipinski definition) is 1. The number of thiophene rings is 1. The maximum absolute atomic E-state index is 12.9. The van der Waals surface area contributed by atoms with Gasteiger partial charge < -0.3 is 5.32 Å². The number of amides is 1. The fraction of sp³-hybridized carbons (Fsp3) is 0. The molecule has 1 N–H and O–H groups in total. The van der Waals surface area contributed by atoms with Crippen molar-refractivity contribution in [2.45, 2.75) is 0 Å². The summed E-state index contributed by atoms with van der Waals surface area (Å²) in [5, 5.41) is 4.78. The summed E-state index contributed by atoms with van der Waals surface area (Å²) in [4.78, 5) is 12.2. The van der Waals surface area contributed by atoms with Crippen molar-refractivity contribution < 1.29 is 9.18 Å². The van der Waals surface area contributed by atoms with Crippen LogP contribution in [-0.4, -0.2) is 5.91 Å². The number of rotatable bonds is 2. The zero-order chi connectivity index (χ0) is 11.5. The molecule has 2 aromatic rings. The van der Waals surface area contributed by atoms with E-state index in [0.717, 1.165) is 0 Å². The zero-order valence-electron chi connectivity index (χ0n) is 8.04. The van der Waals surface area contributed by atoms with Crippen LogP contribution in [0.4, 0.5) is 10.1 Å². The summed E-state index contributed by atoms with van der Waals surface area (Å²) < 4.78 is 12.9. The van der Waals surface area contributed by atoms with Crippen LogP contribution in [-0.2, 0) is 0 Å². The van der Waals surface area contributed by atoms with Gasteiger partial charge in [0, 0.05) is 11.1 Å². The summed E-state index contributed by atoms with van der Waals surface area (Å²) >= 11 is 6.95. The summed E-state index contributed by atoms with van der Waals surface area (Å²) in [6, 6.07) is 7.30. The van der Waals surface area contributed by atoms with Crippen LogP contribution in [0.3, 0.4) is 0 Å². The number of hydrogen-bond acceptors (Lipinski definition) is 2. The Morgan fingerprint density at radius 3 is 2.81 bits per heavy atom. The average Bonchev–Trinajstić information content (AvgIpc) is 2.65. The van der Waals surface area contributed by atoms with Crippen molar-refractivity contribution in [1.29, 1.82) is 0 Å². The van der Waals surface area contributed by atoms with Gasteiger partial charge in [-0.05, 0) is 24.3 Å². The topological polar surface area (TPSA) is 29.1 Å². The summed E-state index contributed by atoms with van der Waals surface area (Å²) in [5.74, 6) is -0.676. The van der Waals surface area contributed by atoms with Crippen molar-refractivity contribution in [1.82, 2.24) is 0 Å². The second-order valence-corrected chi connectivity index (χ2v) is 4.44. The predicted octanol–water partition coefficient (Wildman–Crippen LogP) is 3.79. The third-order valence-corrected chi connectivity index (χ3v) is 3.15. The van der Waals surface area contributed by atoms with Crippen molar-refractivity contribution in [3.05, 3.63) is 51.4 Å². The smallest absolute Gasteiger partial charge is 0.265 e. The summed E-state index contributed by atoms with van der Waals surface area (Å²) in [7, 11) is 0. The first kappa shape index (κ1) is 11.1. The van der Waals surface area contributed by atoms with E-state index >= 15 is 0 Å². The molecular weight excluding hydrogens is 249 g/mol. The van der Waals surface area contributed by atoms with Gasteiger partial charge in [0.05, 0.1) is 9.90 Å². The molecule has 1 amide bonds. The lowest BCUT2D eigenvalue weighted by atomic mass is 10.3. The lowest BCUT2D eigenvalue weighted by Crippen LogP contribution is -2.09. The normalized spacial score (nSPS) is 10.1. The number of halogens is 2. The molecule has 0 spiro atoms. The minimum Gasteiger partial charge on any atom is -0.321 e. The molecule has 5 heteroatoms.